The lowest BCUT2D eigenvalue weighted by atomic mass is 10.1. The predicted molar refractivity (Wildman–Crippen MR) is 75.6 cm³/mol. The van der Waals surface area contributed by atoms with Gasteiger partial charge in [0.15, 0.2) is 0 Å². The number of nitrogens with two attached hydrogens (primary N) is 2. The molecule has 7 heteroatoms. The van der Waals surface area contributed by atoms with Gasteiger partial charge < -0.3 is 16.4 Å². The third-order valence-electron chi connectivity index (χ3n) is 3.74. The van der Waals surface area contributed by atoms with Gasteiger partial charge in [-0.1, -0.05) is 0 Å². The largest absolute Gasteiger partial charge is 0.366 e. The molecule has 1 aliphatic rings. The van der Waals surface area contributed by atoms with Crippen LogP contribution in [0.2, 0.25) is 0 Å². The maximum absolute atomic E-state index is 11.3. The van der Waals surface area contributed by atoms with Gasteiger partial charge in [0, 0.05) is 31.3 Å². The van der Waals surface area contributed by atoms with E-state index in [0.717, 1.165) is 12.8 Å². The number of carbonyl (C=O) groups is 1. The molecule has 1 amide bonds. The van der Waals surface area contributed by atoms with Crippen molar-refractivity contribution in [3.63, 3.8) is 0 Å². The van der Waals surface area contributed by atoms with Gasteiger partial charge in [0.05, 0.1) is 4.92 Å². The summed E-state index contributed by atoms with van der Waals surface area (Å²) in [5.41, 5.74) is 11.6. The Bertz CT molecular complexity index is 542. The zero-order chi connectivity index (χ0) is 14.9. The minimum Gasteiger partial charge on any atom is -0.366 e. The van der Waals surface area contributed by atoms with Crippen LogP contribution in [0.15, 0.2) is 18.2 Å². The lowest BCUT2D eigenvalue weighted by Crippen LogP contribution is -2.40. The maximum Gasteiger partial charge on any atom is 0.292 e. The molecule has 1 fully saturated rings. The lowest BCUT2D eigenvalue weighted by Gasteiger charge is -2.29. The van der Waals surface area contributed by atoms with E-state index >= 15 is 0 Å². The molecule has 2 rings (SSSR count). The van der Waals surface area contributed by atoms with Crippen molar-refractivity contribution in [3.05, 3.63) is 33.9 Å². The second-order valence-corrected chi connectivity index (χ2v) is 5.08. The van der Waals surface area contributed by atoms with E-state index in [-0.39, 0.29) is 17.3 Å². The first kappa shape index (κ1) is 14.3. The van der Waals surface area contributed by atoms with Crippen molar-refractivity contribution in [1.29, 1.82) is 0 Å². The van der Waals surface area contributed by atoms with Crippen LogP contribution in [0.4, 0.5) is 11.4 Å². The second-order valence-electron chi connectivity index (χ2n) is 5.08. The summed E-state index contributed by atoms with van der Waals surface area (Å²) in [6.45, 7) is 0.416. The molecule has 0 aliphatic heterocycles. The molecule has 0 radical (unpaired) electrons. The summed E-state index contributed by atoms with van der Waals surface area (Å²) >= 11 is 0. The number of nitrogens with zero attached hydrogens (tertiary/aromatic N) is 2. The Morgan fingerprint density at radius 1 is 1.55 bits per heavy atom. The number of rotatable bonds is 6. The Morgan fingerprint density at radius 2 is 2.20 bits per heavy atom. The Morgan fingerprint density at radius 3 is 2.65 bits per heavy atom. The van der Waals surface area contributed by atoms with Crippen LogP contribution in [0.25, 0.3) is 0 Å². The third kappa shape index (κ3) is 2.72. The topological polar surface area (TPSA) is 115 Å². The van der Waals surface area contributed by atoms with Gasteiger partial charge in [-0.15, -0.1) is 0 Å². The summed E-state index contributed by atoms with van der Waals surface area (Å²) in [6.07, 6.45) is 2.16. The Hall–Kier alpha value is -2.15. The first-order chi connectivity index (χ1) is 9.45. The lowest BCUT2D eigenvalue weighted by molar-refractivity contribution is -0.384. The van der Waals surface area contributed by atoms with Gasteiger partial charge in [0.25, 0.3) is 5.69 Å². The van der Waals surface area contributed by atoms with Crippen molar-refractivity contribution in [2.24, 2.45) is 17.4 Å². The Kier molecular flexibility index (Phi) is 3.89. The summed E-state index contributed by atoms with van der Waals surface area (Å²) in [6, 6.07) is 4.18. The number of benzene rings is 1. The predicted octanol–water partition coefficient (Wildman–Crippen LogP) is 0.867. The molecule has 0 bridgehead atoms. The van der Waals surface area contributed by atoms with Crippen LogP contribution in [0.5, 0.6) is 0 Å². The van der Waals surface area contributed by atoms with Crippen LogP contribution in [-0.2, 0) is 0 Å². The van der Waals surface area contributed by atoms with E-state index in [2.05, 4.69) is 0 Å². The van der Waals surface area contributed by atoms with Gasteiger partial charge >= 0.3 is 0 Å². The van der Waals surface area contributed by atoms with Crippen LogP contribution in [0, 0.1) is 16.0 Å². The average Bonchev–Trinajstić information content (AvgIpc) is 3.23. The monoisotopic (exact) mass is 278 g/mol. The van der Waals surface area contributed by atoms with Gasteiger partial charge in [-0.2, -0.15) is 0 Å². The molecule has 1 aromatic carbocycles. The number of primary amides is 1. The molecular weight excluding hydrogens is 260 g/mol. The number of amides is 1. The van der Waals surface area contributed by atoms with Crippen molar-refractivity contribution in [2.75, 3.05) is 18.5 Å². The van der Waals surface area contributed by atoms with Gasteiger partial charge in [0.1, 0.15) is 5.69 Å². The van der Waals surface area contributed by atoms with E-state index in [0.29, 0.717) is 18.2 Å². The Labute approximate surface area is 116 Å². The number of likely N-dealkylation sites (N-methyl/N-ethyl adjacent to an activating group) is 1. The summed E-state index contributed by atoms with van der Waals surface area (Å²) in [5, 5.41) is 11.1. The molecule has 108 valence electrons. The zero-order valence-electron chi connectivity index (χ0n) is 11.3. The highest BCUT2D eigenvalue weighted by Gasteiger charge is 2.35. The fourth-order valence-electron chi connectivity index (χ4n) is 2.44. The van der Waals surface area contributed by atoms with E-state index in [1.165, 1.54) is 18.2 Å². The van der Waals surface area contributed by atoms with Crippen molar-refractivity contribution >= 4 is 17.3 Å². The van der Waals surface area contributed by atoms with Crippen molar-refractivity contribution in [2.45, 2.75) is 18.9 Å². The number of hydrogen-bond acceptors (Lipinski definition) is 5. The number of carbonyl (C=O) groups excluding carboxylic acids is 1. The zero-order valence-corrected chi connectivity index (χ0v) is 11.3. The van der Waals surface area contributed by atoms with E-state index in [1.807, 2.05) is 0 Å². The molecule has 0 saturated heterocycles. The molecule has 0 heterocycles. The highest BCUT2D eigenvalue weighted by molar-refractivity contribution is 5.94. The van der Waals surface area contributed by atoms with E-state index in [9.17, 15) is 14.9 Å². The fraction of sp³-hybridized carbons (Fsp3) is 0.462. The van der Waals surface area contributed by atoms with E-state index < -0.39 is 10.8 Å². The molecule has 1 aliphatic carbocycles. The smallest absolute Gasteiger partial charge is 0.292 e. The van der Waals surface area contributed by atoms with Crippen LogP contribution in [0.3, 0.4) is 0 Å². The van der Waals surface area contributed by atoms with E-state index in [1.54, 1.807) is 11.9 Å². The summed E-state index contributed by atoms with van der Waals surface area (Å²) < 4.78 is 0. The molecule has 20 heavy (non-hydrogen) atoms. The summed E-state index contributed by atoms with van der Waals surface area (Å²) in [7, 11) is 1.77. The second kappa shape index (κ2) is 5.46. The van der Waals surface area contributed by atoms with Crippen molar-refractivity contribution in [3.8, 4) is 0 Å². The first-order valence-electron chi connectivity index (χ1n) is 6.46. The standard InChI is InChI=1S/C13H18N4O3/c1-16(12(7-14)8-2-3-8)11-6-9(13(15)18)4-5-10(11)17(19)20/h4-6,8,12H,2-3,7,14H2,1H3,(H2,15,18). The number of nitro benzene ring substituents is 1. The minimum atomic E-state index is -0.606. The molecule has 0 spiro atoms. The number of nitro groups is 1. The van der Waals surface area contributed by atoms with Crippen LogP contribution in [0.1, 0.15) is 23.2 Å². The molecule has 7 nitrogen and oxygen atoms in total. The van der Waals surface area contributed by atoms with Crippen LogP contribution < -0.4 is 16.4 Å². The number of hydrogen-bond donors (Lipinski definition) is 2. The molecule has 1 saturated carbocycles. The third-order valence-corrected chi connectivity index (χ3v) is 3.74. The van der Waals surface area contributed by atoms with Gasteiger partial charge in [-0.05, 0) is 30.9 Å². The highest BCUT2D eigenvalue weighted by atomic mass is 16.6. The molecule has 1 aromatic rings. The van der Waals surface area contributed by atoms with Gasteiger partial charge in [-0.25, -0.2) is 0 Å². The van der Waals surface area contributed by atoms with Crippen LogP contribution >= 0.6 is 0 Å². The highest BCUT2D eigenvalue weighted by Crippen LogP contribution is 2.38. The number of anilines is 1. The average molecular weight is 278 g/mol. The SMILES string of the molecule is CN(c1cc(C(N)=O)ccc1[N+](=O)[O-])C(CN)C1CC1. The first-order valence-corrected chi connectivity index (χ1v) is 6.46. The van der Waals surface area contributed by atoms with Gasteiger partial charge in [0.2, 0.25) is 5.91 Å². The molecule has 4 N–H and O–H groups in total. The molecule has 1 atom stereocenters. The van der Waals surface area contributed by atoms with Crippen molar-refractivity contribution < 1.29 is 9.72 Å². The van der Waals surface area contributed by atoms with Crippen LogP contribution in [-0.4, -0.2) is 30.5 Å². The normalized spacial score (nSPS) is 15.7. The van der Waals surface area contributed by atoms with Crippen molar-refractivity contribution in [1.82, 2.24) is 0 Å². The van der Waals surface area contributed by atoms with E-state index in [4.69, 9.17) is 11.5 Å². The quantitative estimate of drug-likeness (QED) is 0.591. The molecular formula is C13H18N4O3. The maximum atomic E-state index is 11.3. The molecule has 0 aromatic heterocycles. The minimum absolute atomic E-state index is 0.0387. The summed E-state index contributed by atoms with van der Waals surface area (Å²) in [5.74, 6) is -0.146. The molecule has 1 unspecified atom stereocenters. The fourth-order valence-corrected chi connectivity index (χ4v) is 2.44. The summed E-state index contributed by atoms with van der Waals surface area (Å²) in [4.78, 5) is 23.7. The van der Waals surface area contributed by atoms with Gasteiger partial charge in [-0.3, -0.25) is 14.9 Å². The Balaban J connectivity index is 2.42.